The number of halogens is 1. The first-order valence-corrected chi connectivity index (χ1v) is 10.1. The highest BCUT2D eigenvalue weighted by Gasteiger charge is 2.08. The Labute approximate surface area is 109 Å². The molecule has 0 aliphatic carbocycles. The van der Waals surface area contributed by atoms with Crippen molar-refractivity contribution in [3.63, 3.8) is 0 Å². The van der Waals surface area contributed by atoms with Crippen molar-refractivity contribution in [2.24, 2.45) is 0 Å². The Kier molecular flexibility index (Phi) is 5.31. The van der Waals surface area contributed by atoms with E-state index < -0.39 is 8.07 Å². The standard InChI is InChI=1S/C14H19BrSi/c1-16(2,3)12-11-14(15)10-9-13-7-5-4-6-8-13/h4-8,14H,9-10H2,1-3H3. The monoisotopic (exact) mass is 294 g/mol. The topological polar surface area (TPSA) is 0 Å². The van der Waals surface area contributed by atoms with Crippen LogP contribution in [-0.2, 0) is 6.42 Å². The van der Waals surface area contributed by atoms with Crippen molar-refractivity contribution in [1.29, 1.82) is 0 Å². The molecule has 0 saturated heterocycles. The molecule has 1 aromatic rings. The van der Waals surface area contributed by atoms with Crippen molar-refractivity contribution in [1.82, 2.24) is 0 Å². The number of benzene rings is 1. The molecule has 1 unspecified atom stereocenters. The molecular weight excluding hydrogens is 276 g/mol. The van der Waals surface area contributed by atoms with Gasteiger partial charge in [0.1, 0.15) is 8.07 Å². The fourth-order valence-corrected chi connectivity index (χ4v) is 2.47. The predicted molar refractivity (Wildman–Crippen MR) is 78.6 cm³/mol. The van der Waals surface area contributed by atoms with Gasteiger partial charge in [-0.15, -0.1) is 5.54 Å². The zero-order chi connectivity index (χ0) is 12.0. The van der Waals surface area contributed by atoms with Crippen LogP contribution in [0.5, 0.6) is 0 Å². The summed E-state index contributed by atoms with van der Waals surface area (Å²) in [5.74, 6) is 3.32. The summed E-state index contributed by atoms with van der Waals surface area (Å²) in [6.45, 7) is 6.82. The summed E-state index contributed by atoms with van der Waals surface area (Å²) in [5, 5.41) is 0. The molecule has 0 aromatic heterocycles. The maximum atomic E-state index is 3.64. The van der Waals surface area contributed by atoms with E-state index in [9.17, 15) is 0 Å². The SMILES string of the molecule is C[Si](C)(C)C#CC(Br)CCc1ccccc1. The Bertz CT molecular complexity index is 367. The summed E-state index contributed by atoms with van der Waals surface area (Å²) in [6, 6.07) is 10.6. The van der Waals surface area contributed by atoms with Gasteiger partial charge < -0.3 is 0 Å². The summed E-state index contributed by atoms with van der Waals surface area (Å²) < 4.78 is 0. The van der Waals surface area contributed by atoms with E-state index in [1.807, 2.05) is 0 Å². The molecule has 0 bridgehead atoms. The van der Waals surface area contributed by atoms with E-state index in [4.69, 9.17) is 0 Å². The largest absolute Gasteiger partial charge is 0.131 e. The predicted octanol–water partition coefficient (Wildman–Crippen LogP) is 4.26. The van der Waals surface area contributed by atoms with Gasteiger partial charge in [0.2, 0.25) is 0 Å². The summed E-state index contributed by atoms with van der Waals surface area (Å²) in [6.07, 6.45) is 2.18. The van der Waals surface area contributed by atoms with Crippen molar-refractivity contribution in [3.05, 3.63) is 35.9 Å². The highest BCUT2D eigenvalue weighted by atomic mass is 79.9. The minimum Gasteiger partial charge on any atom is -0.131 e. The average Bonchev–Trinajstić information content (AvgIpc) is 2.24. The molecule has 0 spiro atoms. The first-order valence-electron chi connectivity index (χ1n) is 5.68. The molecule has 86 valence electrons. The van der Waals surface area contributed by atoms with E-state index in [1.165, 1.54) is 5.56 Å². The van der Waals surface area contributed by atoms with Crippen LogP contribution in [0.4, 0.5) is 0 Å². The van der Waals surface area contributed by atoms with Gasteiger partial charge in [0.15, 0.2) is 0 Å². The van der Waals surface area contributed by atoms with Gasteiger partial charge in [-0.3, -0.25) is 0 Å². The normalized spacial score (nSPS) is 12.8. The lowest BCUT2D eigenvalue weighted by molar-refractivity contribution is 0.879. The molecule has 0 heterocycles. The summed E-state index contributed by atoms with van der Waals surface area (Å²) in [4.78, 5) is 0.333. The van der Waals surface area contributed by atoms with Gasteiger partial charge in [0.25, 0.3) is 0 Å². The highest BCUT2D eigenvalue weighted by molar-refractivity contribution is 9.09. The van der Waals surface area contributed by atoms with Crippen molar-refractivity contribution in [3.8, 4) is 11.5 Å². The molecule has 2 heteroatoms. The van der Waals surface area contributed by atoms with E-state index in [1.54, 1.807) is 0 Å². The maximum Gasteiger partial charge on any atom is 0.129 e. The Morgan fingerprint density at radius 2 is 1.81 bits per heavy atom. The molecule has 0 aliphatic heterocycles. The molecule has 16 heavy (non-hydrogen) atoms. The van der Waals surface area contributed by atoms with Gasteiger partial charge in [0.05, 0.1) is 4.83 Å². The van der Waals surface area contributed by atoms with Crippen LogP contribution in [0.25, 0.3) is 0 Å². The third-order valence-electron chi connectivity index (χ3n) is 2.13. The summed E-state index contributed by atoms with van der Waals surface area (Å²) >= 11 is 3.64. The fraction of sp³-hybridized carbons (Fsp3) is 0.429. The minimum absolute atomic E-state index is 0.333. The van der Waals surface area contributed by atoms with Crippen molar-refractivity contribution >= 4 is 24.0 Å². The van der Waals surface area contributed by atoms with Gasteiger partial charge in [0, 0.05) is 0 Å². The lowest BCUT2D eigenvalue weighted by atomic mass is 10.1. The third-order valence-corrected chi connectivity index (χ3v) is 3.71. The molecule has 0 fully saturated rings. The van der Waals surface area contributed by atoms with Gasteiger partial charge in [-0.2, -0.15) is 0 Å². The van der Waals surface area contributed by atoms with Gasteiger partial charge >= 0.3 is 0 Å². The molecule has 0 saturated carbocycles. The molecule has 0 amide bonds. The molecule has 0 nitrogen and oxygen atoms in total. The first-order chi connectivity index (χ1) is 7.47. The second-order valence-electron chi connectivity index (χ2n) is 5.01. The zero-order valence-corrected chi connectivity index (χ0v) is 12.8. The van der Waals surface area contributed by atoms with Gasteiger partial charge in [-0.1, -0.05) is 71.8 Å². The number of hydrogen-bond donors (Lipinski definition) is 0. The molecule has 1 atom stereocenters. The zero-order valence-electron chi connectivity index (χ0n) is 10.3. The second kappa shape index (κ2) is 6.27. The van der Waals surface area contributed by atoms with Crippen LogP contribution in [-0.4, -0.2) is 12.9 Å². The minimum atomic E-state index is -1.22. The van der Waals surface area contributed by atoms with Crippen LogP contribution in [0, 0.1) is 11.5 Å². The van der Waals surface area contributed by atoms with Gasteiger partial charge in [-0.25, -0.2) is 0 Å². The Balaban J connectivity index is 2.41. The lowest BCUT2D eigenvalue weighted by Crippen LogP contribution is -2.17. The molecule has 0 N–H and O–H groups in total. The van der Waals surface area contributed by atoms with Crippen LogP contribution in [0.1, 0.15) is 12.0 Å². The van der Waals surface area contributed by atoms with Crippen LogP contribution in [0.15, 0.2) is 30.3 Å². The molecule has 1 rings (SSSR count). The summed E-state index contributed by atoms with van der Waals surface area (Å²) in [5.41, 5.74) is 4.79. The van der Waals surface area contributed by atoms with Gasteiger partial charge in [-0.05, 0) is 18.4 Å². The number of hydrogen-bond acceptors (Lipinski definition) is 0. The first kappa shape index (κ1) is 13.5. The van der Waals surface area contributed by atoms with E-state index in [-0.39, 0.29) is 0 Å². The second-order valence-corrected chi connectivity index (χ2v) is 10.9. The fourth-order valence-electron chi connectivity index (χ4n) is 1.31. The molecule has 0 aliphatic rings. The number of rotatable bonds is 3. The molecule has 0 radical (unpaired) electrons. The van der Waals surface area contributed by atoms with Crippen LogP contribution in [0.2, 0.25) is 19.6 Å². The average molecular weight is 295 g/mol. The van der Waals surface area contributed by atoms with E-state index >= 15 is 0 Å². The number of aryl methyl sites for hydroxylation is 1. The highest BCUT2D eigenvalue weighted by Crippen LogP contribution is 2.10. The Morgan fingerprint density at radius 1 is 1.19 bits per heavy atom. The number of alkyl halides is 1. The third kappa shape index (κ3) is 6.15. The Hall–Kier alpha value is -0.523. The summed E-state index contributed by atoms with van der Waals surface area (Å²) in [7, 11) is -1.22. The van der Waals surface area contributed by atoms with Crippen LogP contribution >= 0.6 is 15.9 Å². The van der Waals surface area contributed by atoms with E-state index in [2.05, 4.69) is 77.4 Å². The van der Waals surface area contributed by atoms with Crippen molar-refractivity contribution in [2.45, 2.75) is 37.3 Å². The molecular formula is C14H19BrSi. The smallest absolute Gasteiger partial charge is 0.129 e. The molecule has 1 aromatic carbocycles. The lowest BCUT2D eigenvalue weighted by Gasteiger charge is -2.06. The van der Waals surface area contributed by atoms with Crippen LogP contribution in [0.3, 0.4) is 0 Å². The van der Waals surface area contributed by atoms with Crippen molar-refractivity contribution in [2.75, 3.05) is 0 Å². The van der Waals surface area contributed by atoms with E-state index in [0.717, 1.165) is 12.8 Å². The quantitative estimate of drug-likeness (QED) is 0.444. The van der Waals surface area contributed by atoms with Crippen molar-refractivity contribution < 1.29 is 0 Å². The maximum absolute atomic E-state index is 3.64. The van der Waals surface area contributed by atoms with Crippen LogP contribution < -0.4 is 0 Å². The Morgan fingerprint density at radius 3 is 2.38 bits per heavy atom. The van der Waals surface area contributed by atoms with E-state index in [0.29, 0.717) is 4.83 Å².